The van der Waals surface area contributed by atoms with E-state index in [1.807, 2.05) is 0 Å². The summed E-state index contributed by atoms with van der Waals surface area (Å²) < 4.78 is 0.766. The third-order valence-electron chi connectivity index (χ3n) is 1.84. The molecule has 0 radical (unpaired) electrons. The number of carboxylic acids is 1. The van der Waals surface area contributed by atoms with Gasteiger partial charge in [-0.05, 0) is 23.7 Å². The van der Waals surface area contributed by atoms with Gasteiger partial charge < -0.3 is 5.11 Å². The molecule has 1 rings (SSSR count). The van der Waals surface area contributed by atoms with Crippen molar-refractivity contribution in [3.8, 4) is 11.8 Å². The van der Waals surface area contributed by atoms with Gasteiger partial charge in [0.05, 0.1) is 5.56 Å². The van der Waals surface area contributed by atoms with E-state index in [9.17, 15) is 4.79 Å². The molecule has 5 nitrogen and oxygen atoms in total. The Balaban J connectivity index is 2.91. The van der Waals surface area contributed by atoms with Crippen molar-refractivity contribution in [1.82, 2.24) is 0 Å². The third-order valence-corrected chi connectivity index (χ3v) is 2.33. The fourth-order valence-electron chi connectivity index (χ4n) is 1.11. The molecule has 0 bridgehead atoms. The average Bonchev–Trinajstić information content (AvgIpc) is 2.28. The summed E-state index contributed by atoms with van der Waals surface area (Å²) >= 11 is 3.25. The number of aromatic carboxylic acids is 1. The second kappa shape index (κ2) is 6.59. The minimum atomic E-state index is -1.02. The van der Waals surface area contributed by atoms with E-state index in [-0.39, 0.29) is 12.1 Å². The van der Waals surface area contributed by atoms with E-state index >= 15 is 0 Å². The van der Waals surface area contributed by atoms with E-state index in [4.69, 9.17) is 10.6 Å². The highest BCUT2D eigenvalue weighted by atomic mass is 79.9. The van der Waals surface area contributed by atoms with Crippen molar-refractivity contribution >= 4 is 21.9 Å². The first-order valence-electron chi connectivity index (χ1n) is 4.67. The van der Waals surface area contributed by atoms with Gasteiger partial charge in [0.15, 0.2) is 0 Å². The van der Waals surface area contributed by atoms with E-state index in [1.54, 1.807) is 12.1 Å². The van der Waals surface area contributed by atoms with E-state index in [2.05, 4.69) is 37.8 Å². The van der Waals surface area contributed by atoms with Crippen LogP contribution in [0.15, 0.2) is 27.8 Å². The van der Waals surface area contributed by atoms with Crippen LogP contribution in [0.3, 0.4) is 0 Å². The second-order valence-corrected chi connectivity index (χ2v) is 3.92. The van der Waals surface area contributed by atoms with Crippen molar-refractivity contribution in [2.24, 2.45) is 5.11 Å². The number of benzene rings is 1. The van der Waals surface area contributed by atoms with Crippen LogP contribution in [0.25, 0.3) is 10.4 Å². The van der Waals surface area contributed by atoms with Crippen LogP contribution in [0, 0.1) is 11.8 Å². The predicted molar refractivity (Wildman–Crippen MR) is 66.6 cm³/mol. The standard InChI is InChI=1S/C11H8BrN3O2/c12-9-4-5-10(11(16)17)8(7-9)3-1-2-6-14-15-13/h4-5,7H,2,6H2,(H,16,17). The van der Waals surface area contributed by atoms with Gasteiger partial charge in [0, 0.05) is 27.9 Å². The van der Waals surface area contributed by atoms with Gasteiger partial charge in [-0.3, -0.25) is 0 Å². The summed E-state index contributed by atoms with van der Waals surface area (Å²) in [6, 6.07) is 4.78. The number of azide groups is 1. The smallest absolute Gasteiger partial charge is 0.336 e. The maximum atomic E-state index is 10.9. The van der Waals surface area contributed by atoms with Gasteiger partial charge in [0.2, 0.25) is 0 Å². The molecule has 0 heterocycles. The van der Waals surface area contributed by atoms with E-state index < -0.39 is 5.97 Å². The Kier molecular flexibility index (Phi) is 5.08. The maximum Gasteiger partial charge on any atom is 0.336 e. The lowest BCUT2D eigenvalue weighted by Crippen LogP contribution is -1.99. The number of carboxylic acid groups (broad SMARTS) is 1. The number of rotatable bonds is 3. The number of hydrogen-bond acceptors (Lipinski definition) is 2. The zero-order chi connectivity index (χ0) is 12.7. The molecule has 0 aromatic heterocycles. The summed E-state index contributed by atoms with van der Waals surface area (Å²) in [4.78, 5) is 13.5. The number of halogens is 1. The molecule has 1 aromatic rings. The van der Waals surface area contributed by atoms with Crippen molar-refractivity contribution in [3.05, 3.63) is 44.2 Å². The Morgan fingerprint density at radius 3 is 3.00 bits per heavy atom. The van der Waals surface area contributed by atoms with Crippen LogP contribution in [0.4, 0.5) is 0 Å². The van der Waals surface area contributed by atoms with Gasteiger partial charge >= 0.3 is 5.97 Å². The molecule has 0 atom stereocenters. The Hall–Kier alpha value is -1.96. The molecule has 0 spiro atoms. The highest BCUT2D eigenvalue weighted by molar-refractivity contribution is 9.10. The summed E-state index contributed by atoms with van der Waals surface area (Å²) in [5.74, 6) is 4.49. The number of hydrogen-bond donors (Lipinski definition) is 1. The SMILES string of the molecule is [N-]=[N+]=NCCC#Cc1cc(Br)ccc1C(=O)O. The van der Waals surface area contributed by atoms with E-state index in [0.29, 0.717) is 12.0 Å². The molecule has 6 heteroatoms. The first-order valence-corrected chi connectivity index (χ1v) is 5.47. The van der Waals surface area contributed by atoms with Gasteiger partial charge in [0.1, 0.15) is 0 Å². The first-order chi connectivity index (χ1) is 8.15. The van der Waals surface area contributed by atoms with Crippen LogP contribution >= 0.6 is 15.9 Å². The quantitative estimate of drug-likeness (QED) is 0.305. The van der Waals surface area contributed by atoms with E-state index in [1.165, 1.54) is 6.07 Å². The lowest BCUT2D eigenvalue weighted by Gasteiger charge is -1.99. The minimum absolute atomic E-state index is 0.157. The molecule has 0 saturated carbocycles. The number of nitrogens with zero attached hydrogens (tertiary/aromatic N) is 3. The Morgan fingerprint density at radius 2 is 2.35 bits per heavy atom. The lowest BCUT2D eigenvalue weighted by molar-refractivity contribution is 0.0696. The summed E-state index contributed by atoms with van der Waals surface area (Å²) in [5.41, 5.74) is 8.66. The van der Waals surface area contributed by atoms with Crippen molar-refractivity contribution in [2.75, 3.05) is 6.54 Å². The second-order valence-electron chi connectivity index (χ2n) is 3.00. The molecule has 0 fully saturated rings. The van der Waals surface area contributed by atoms with E-state index in [0.717, 1.165) is 4.47 Å². The monoisotopic (exact) mass is 293 g/mol. The van der Waals surface area contributed by atoms with Crippen molar-refractivity contribution in [2.45, 2.75) is 6.42 Å². The summed E-state index contributed by atoms with van der Waals surface area (Å²) in [6.07, 6.45) is 0.398. The highest BCUT2D eigenvalue weighted by Crippen LogP contribution is 2.16. The average molecular weight is 294 g/mol. The van der Waals surface area contributed by atoms with Crippen LogP contribution in [0.5, 0.6) is 0 Å². The zero-order valence-corrected chi connectivity index (χ0v) is 10.3. The molecule has 0 unspecified atom stereocenters. The normalized spacial score (nSPS) is 8.76. The molecule has 1 N–H and O–H groups in total. The first kappa shape index (κ1) is 13.1. The largest absolute Gasteiger partial charge is 0.478 e. The van der Waals surface area contributed by atoms with Crippen LogP contribution in [-0.2, 0) is 0 Å². The highest BCUT2D eigenvalue weighted by Gasteiger charge is 2.07. The van der Waals surface area contributed by atoms with Crippen LogP contribution in [0.1, 0.15) is 22.3 Å². The van der Waals surface area contributed by atoms with Gasteiger partial charge in [-0.25, -0.2) is 4.79 Å². The molecule has 0 amide bonds. The van der Waals surface area contributed by atoms with Gasteiger partial charge in [0.25, 0.3) is 0 Å². The van der Waals surface area contributed by atoms with Crippen LogP contribution in [0.2, 0.25) is 0 Å². The molecule has 0 aliphatic carbocycles. The number of carbonyl (C=O) groups is 1. The molecule has 86 valence electrons. The molecule has 1 aromatic carbocycles. The maximum absolute atomic E-state index is 10.9. The fraction of sp³-hybridized carbons (Fsp3) is 0.182. The summed E-state index contributed by atoms with van der Waals surface area (Å²) in [6.45, 7) is 0.278. The Morgan fingerprint density at radius 1 is 1.59 bits per heavy atom. The molecule has 0 saturated heterocycles. The minimum Gasteiger partial charge on any atom is -0.478 e. The van der Waals surface area contributed by atoms with Crippen molar-refractivity contribution in [1.29, 1.82) is 0 Å². The van der Waals surface area contributed by atoms with Gasteiger partial charge in [-0.2, -0.15) is 0 Å². The predicted octanol–water partition coefficient (Wildman–Crippen LogP) is 3.20. The fourth-order valence-corrected chi connectivity index (χ4v) is 1.48. The van der Waals surface area contributed by atoms with Gasteiger partial charge in [-0.15, -0.1) is 0 Å². The van der Waals surface area contributed by atoms with Crippen molar-refractivity contribution in [3.63, 3.8) is 0 Å². The summed E-state index contributed by atoms with van der Waals surface area (Å²) in [5, 5.41) is 12.3. The third kappa shape index (κ3) is 4.19. The van der Waals surface area contributed by atoms with Crippen LogP contribution in [-0.4, -0.2) is 17.6 Å². The summed E-state index contributed by atoms with van der Waals surface area (Å²) in [7, 11) is 0. The Labute approximate surface area is 106 Å². The van der Waals surface area contributed by atoms with Crippen LogP contribution < -0.4 is 0 Å². The molecular weight excluding hydrogens is 286 g/mol. The zero-order valence-electron chi connectivity index (χ0n) is 8.72. The molecule has 17 heavy (non-hydrogen) atoms. The molecule has 0 aliphatic rings. The topological polar surface area (TPSA) is 86.1 Å². The van der Waals surface area contributed by atoms with Gasteiger partial charge in [-0.1, -0.05) is 32.9 Å². The molecular formula is C11H8BrN3O2. The molecule has 0 aliphatic heterocycles. The Bertz CT molecular complexity index is 539. The lowest BCUT2D eigenvalue weighted by atomic mass is 10.1. The van der Waals surface area contributed by atoms with Crippen molar-refractivity contribution < 1.29 is 9.90 Å².